The van der Waals surface area contributed by atoms with Crippen molar-refractivity contribution >= 4 is 28.3 Å². The molecule has 0 spiro atoms. The molecule has 1 rings (SSSR count). The summed E-state index contributed by atoms with van der Waals surface area (Å²) in [5, 5.41) is 3.46. The SMILES string of the molecule is CCN(CC(C)C)c1snc(N)c1C(=O)NC. The Morgan fingerprint density at radius 1 is 1.59 bits per heavy atom. The van der Waals surface area contributed by atoms with Gasteiger partial charge in [0.2, 0.25) is 0 Å². The zero-order valence-corrected chi connectivity index (χ0v) is 11.6. The molecule has 6 heteroatoms. The van der Waals surface area contributed by atoms with Gasteiger partial charge >= 0.3 is 0 Å². The molecule has 0 fully saturated rings. The number of rotatable bonds is 5. The molecule has 1 aromatic rings. The third-order valence-corrected chi connectivity index (χ3v) is 3.33. The van der Waals surface area contributed by atoms with Gasteiger partial charge in [0.15, 0.2) is 5.82 Å². The van der Waals surface area contributed by atoms with E-state index >= 15 is 0 Å². The first kappa shape index (κ1) is 13.8. The van der Waals surface area contributed by atoms with Crippen LogP contribution in [0.2, 0.25) is 0 Å². The second-order valence-electron chi connectivity index (χ2n) is 4.26. The van der Waals surface area contributed by atoms with Gasteiger partial charge in [0, 0.05) is 20.1 Å². The van der Waals surface area contributed by atoms with E-state index in [-0.39, 0.29) is 5.91 Å². The van der Waals surface area contributed by atoms with Crippen molar-refractivity contribution in [1.29, 1.82) is 0 Å². The molecular formula is C11H20N4OS. The molecule has 0 atom stereocenters. The van der Waals surface area contributed by atoms with E-state index in [1.165, 1.54) is 11.5 Å². The molecule has 0 saturated heterocycles. The highest BCUT2D eigenvalue weighted by molar-refractivity contribution is 7.11. The monoisotopic (exact) mass is 256 g/mol. The molecule has 3 N–H and O–H groups in total. The maximum atomic E-state index is 11.8. The lowest BCUT2D eigenvalue weighted by Crippen LogP contribution is -2.29. The summed E-state index contributed by atoms with van der Waals surface area (Å²) in [5.41, 5.74) is 6.25. The van der Waals surface area contributed by atoms with Crippen molar-refractivity contribution in [3.63, 3.8) is 0 Å². The number of amides is 1. The van der Waals surface area contributed by atoms with E-state index in [0.29, 0.717) is 17.3 Å². The largest absolute Gasteiger partial charge is 0.382 e. The molecule has 0 aromatic carbocycles. The first-order chi connectivity index (χ1) is 8.01. The Morgan fingerprint density at radius 3 is 2.71 bits per heavy atom. The fourth-order valence-corrected chi connectivity index (χ4v) is 2.53. The Balaban J connectivity index is 3.07. The summed E-state index contributed by atoms with van der Waals surface area (Å²) >= 11 is 1.28. The summed E-state index contributed by atoms with van der Waals surface area (Å²) in [6.45, 7) is 8.08. The minimum atomic E-state index is -0.173. The van der Waals surface area contributed by atoms with Crippen molar-refractivity contribution in [1.82, 2.24) is 9.69 Å². The molecule has 0 saturated carbocycles. The zero-order valence-electron chi connectivity index (χ0n) is 10.8. The Morgan fingerprint density at radius 2 is 2.24 bits per heavy atom. The van der Waals surface area contributed by atoms with E-state index in [1.54, 1.807) is 7.05 Å². The van der Waals surface area contributed by atoms with E-state index in [1.807, 2.05) is 0 Å². The summed E-state index contributed by atoms with van der Waals surface area (Å²) in [7, 11) is 1.60. The van der Waals surface area contributed by atoms with Crippen LogP contribution in [0, 0.1) is 5.92 Å². The standard InChI is InChI=1S/C11H20N4OS/c1-5-15(6-7(2)3)11-8(10(16)13-4)9(12)14-17-11/h7H,5-6H2,1-4H3,(H2,12,14)(H,13,16). The molecule has 0 aliphatic heterocycles. The van der Waals surface area contributed by atoms with Gasteiger partial charge in [-0.15, -0.1) is 0 Å². The van der Waals surface area contributed by atoms with Crippen LogP contribution in [-0.2, 0) is 0 Å². The molecule has 0 aliphatic rings. The Bertz CT molecular complexity index is 389. The van der Waals surface area contributed by atoms with E-state index in [0.717, 1.165) is 18.1 Å². The molecule has 0 bridgehead atoms. The minimum absolute atomic E-state index is 0.173. The van der Waals surface area contributed by atoms with E-state index in [4.69, 9.17) is 5.73 Å². The van der Waals surface area contributed by atoms with Crippen LogP contribution in [0.1, 0.15) is 31.1 Å². The van der Waals surface area contributed by atoms with Crippen LogP contribution in [0.5, 0.6) is 0 Å². The maximum absolute atomic E-state index is 11.8. The van der Waals surface area contributed by atoms with Crippen LogP contribution >= 0.6 is 11.5 Å². The fraction of sp³-hybridized carbons (Fsp3) is 0.636. The van der Waals surface area contributed by atoms with E-state index in [2.05, 4.69) is 35.4 Å². The molecule has 1 aromatic heterocycles. The Labute approximate surface area is 106 Å². The van der Waals surface area contributed by atoms with Gasteiger partial charge in [-0.1, -0.05) is 13.8 Å². The normalized spacial score (nSPS) is 10.6. The van der Waals surface area contributed by atoms with Crippen molar-refractivity contribution < 1.29 is 4.79 Å². The van der Waals surface area contributed by atoms with Gasteiger partial charge in [0.05, 0.1) is 0 Å². The van der Waals surface area contributed by atoms with Gasteiger partial charge in [-0.3, -0.25) is 4.79 Å². The van der Waals surface area contributed by atoms with E-state index < -0.39 is 0 Å². The highest BCUT2D eigenvalue weighted by Gasteiger charge is 2.22. The summed E-state index contributed by atoms with van der Waals surface area (Å²) < 4.78 is 4.08. The summed E-state index contributed by atoms with van der Waals surface area (Å²) in [4.78, 5) is 13.9. The van der Waals surface area contributed by atoms with Crippen molar-refractivity contribution in [3.05, 3.63) is 5.56 Å². The lowest BCUT2D eigenvalue weighted by molar-refractivity contribution is 0.0964. The summed E-state index contributed by atoms with van der Waals surface area (Å²) in [6, 6.07) is 0. The molecule has 1 amide bonds. The van der Waals surface area contributed by atoms with Crippen LogP contribution in [0.4, 0.5) is 10.8 Å². The molecule has 0 aliphatic carbocycles. The quantitative estimate of drug-likeness (QED) is 0.839. The molecular weight excluding hydrogens is 236 g/mol. The average Bonchev–Trinajstić information content (AvgIpc) is 2.66. The number of hydrogen-bond donors (Lipinski definition) is 2. The average molecular weight is 256 g/mol. The second kappa shape index (κ2) is 5.86. The first-order valence-electron chi connectivity index (χ1n) is 5.73. The van der Waals surface area contributed by atoms with Crippen molar-refractivity contribution in [2.24, 2.45) is 5.92 Å². The zero-order chi connectivity index (χ0) is 13.0. The van der Waals surface area contributed by atoms with Gasteiger partial charge < -0.3 is 16.0 Å². The Hall–Kier alpha value is -1.30. The minimum Gasteiger partial charge on any atom is -0.382 e. The number of nitrogens with zero attached hydrogens (tertiary/aromatic N) is 2. The summed E-state index contributed by atoms with van der Waals surface area (Å²) in [6.07, 6.45) is 0. The van der Waals surface area contributed by atoms with Crippen LogP contribution in [0.15, 0.2) is 0 Å². The number of hydrogen-bond acceptors (Lipinski definition) is 5. The van der Waals surface area contributed by atoms with Crippen molar-refractivity contribution in [3.8, 4) is 0 Å². The molecule has 0 radical (unpaired) electrons. The van der Waals surface area contributed by atoms with Crippen molar-refractivity contribution in [2.75, 3.05) is 30.8 Å². The predicted molar refractivity (Wildman–Crippen MR) is 72.6 cm³/mol. The molecule has 1 heterocycles. The highest BCUT2D eigenvalue weighted by Crippen LogP contribution is 2.30. The predicted octanol–water partition coefficient (Wildman–Crippen LogP) is 1.57. The van der Waals surface area contributed by atoms with E-state index in [9.17, 15) is 4.79 Å². The highest BCUT2D eigenvalue weighted by atomic mass is 32.1. The topological polar surface area (TPSA) is 71.2 Å². The van der Waals surface area contributed by atoms with Gasteiger partial charge in [0.1, 0.15) is 10.6 Å². The number of carbonyl (C=O) groups excluding carboxylic acids is 1. The maximum Gasteiger partial charge on any atom is 0.257 e. The fourth-order valence-electron chi connectivity index (χ4n) is 1.64. The smallest absolute Gasteiger partial charge is 0.257 e. The third-order valence-electron chi connectivity index (χ3n) is 2.41. The van der Waals surface area contributed by atoms with Crippen LogP contribution in [-0.4, -0.2) is 30.4 Å². The first-order valence-corrected chi connectivity index (χ1v) is 6.50. The number of anilines is 2. The van der Waals surface area contributed by atoms with Crippen molar-refractivity contribution in [2.45, 2.75) is 20.8 Å². The number of aromatic nitrogens is 1. The molecule has 0 unspecified atom stereocenters. The molecule has 5 nitrogen and oxygen atoms in total. The lowest BCUT2D eigenvalue weighted by atomic mass is 10.2. The Kier molecular flexibility index (Phi) is 4.74. The molecule has 17 heavy (non-hydrogen) atoms. The lowest BCUT2D eigenvalue weighted by Gasteiger charge is -2.23. The third kappa shape index (κ3) is 3.09. The summed E-state index contributed by atoms with van der Waals surface area (Å²) in [5.74, 6) is 0.663. The van der Waals surface area contributed by atoms with Gasteiger partial charge in [-0.2, -0.15) is 4.37 Å². The second-order valence-corrected chi connectivity index (χ2v) is 5.01. The number of nitrogens with one attached hydrogen (secondary N) is 1. The van der Waals surface area contributed by atoms with Crippen LogP contribution in [0.3, 0.4) is 0 Å². The van der Waals surface area contributed by atoms with Crippen LogP contribution in [0.25, 0.3) is 0 Å². The van der Waals surface area contributed by atoms with Gasteiger partial charge in [0.25, 0.3) is 5.91 Å². The number of nitrogen functional groups attached to an aromatic ring is 1. The number of carbonyl (C=O) groups is 1. The van der Waals surface area contributed by atoms with Gasteiger partial charge in [-0.05, 0) is 24.4 Å². The van der Waals surface area contributed by atoms with Crippen LogP contribution < -0.4 is 16.0 Å². The van der Waals surface area contributed by atoms with Gasteiger partial charge in [-0.25, -0.2) is 0 Å². The number of nitrogens with two attached hydrogens (primary N) is 1. The molecule has 96 valence electrons.